The Labute approximate surface area is 154 Å². The molecule has 0 amide bonds. The normalized spacial score (nSPS) is 14.9. The summed E-state index contributed by atoms with van der Waals surface area (Å²) in [6, 6.07) is 0. The van der Waals surface area contributed by atoms with Crippen LogP contribution in [0.4, 0.5) is 0 Å². The van der Waals surface area contributed by atoms with Crippen LogP contribution >= 0.6 is 0 Å². The Hall–Kier alpha value is -2.11. The first-order valence-electron chi connectivity index (χ1n) is 9.40. The van der Waals surface area contributed by atoms with Gasteiger partial charge < -0.3 is 14.5 Å². The molecule has 1 aromatic heterocycles. The minimum atomic E-state index is -0.491. The third-order valence-corrected chi connectivity index (χ3v) is 5.19. The van der Waals surface area contributed by atoms with E-state index < -0.39 is 5.97 Å². The number of Topliss-reactive ketones (excluding diaryl/α,β-unsaturated/α-hetero) is 1. The first-order valence-corrected chi connectivity index (χ1v) is 9.40. The average molecular weight is 363 g/mol. The van der Waals surface area contributed by atoms with Gasteiger partial charge in [-0.3, -0.25) is 9.59 Å². The van der Waals surface area contributed by atoms with E-state index in [4.69, 9.17) is 9.47 Å². The summed E-state index contributed by atoms with van der Waals surface area (Å²) >= 11 is 0. The highest BCUT2D eigenvalue weighted by Gasteiger charge is 2.23. The van der Waals surface area contributed by atoms with Gasteiger partial charge in [-0.15, -0.1) is 0 Å². The van der Waals surface area contributed by atoms with Crippen LogP contribution in [0.3, 0.4) is 0 Å². The van der Waals surface area contributed by atoms with Crippen LogP contribution in [0, 0.1) is 19.8 Å². The molecule has 0 unspecified atom stereocenters. The Bertz CT molecular complexity index is 655. The largest absolute Gasteiger partial charge is 0.465 e. The van der Waals surface area contributed by atoms with Gasteiger partial charge in [-0.25, -0.2) is 4.79 Å². The molecule has 144 valence electrons. The number of esters is 2. The lowest BCUT2D eigenvalue weighted by Crippen LogP contribution is -2.16. The molecule has 1 aromatic rings. The Balaban J connectivity index is 1.79. The van der Waals surface area contributed by atoms with Gasteiger partial charge >= 0.3 is 11.9 Å². The molecule has 0 radical (unpaired) electrons. The van der Waals surface area contributed by atoms with E-state index in [0.717, 1.165) is 18.8 Å². The zero-order chi connectivity index (χ0) is 19.1. The van der Waals surface area contributed by atoms with Crippen molar-refractivity contribution in [3.05, 3.63) is 22.5 Å². The number of rotatable bonds is 8. The van der Waals surface area contributed by atoms with Gasteiger partial charge in [0.05, 0.1) is 18.4 Å². The summed E-state index contributed by atoms with van der Waals surface area (Å²) in [5.41, 5.74) is 1.73. The van der Waals surface area contributed by atoms with Gasteiger partial charge in [-0.2, -0.15) is 0 Å². The highest BCUT2D eigenvalue weighted by molar-refractivity contribution is 6.02. The highest BCUT2D eigenvalue weighted by atomic mass is 16.5. The van der Waals surface area contributed by atoms with Crippen molar-refractivity contribution in [3.63, 3.8) is 0 Å². The molecule has 0 bridgehead atoms. The summed E-state index contributed by atoms with van der Waals surface area (Å²) in [6.45, 7) is 3.06. The van der Waals surface area contributed by atoms with Gasteiger partial charge in [-0.05, 0) is 38.2 Å². The van der Waals surface area contributed by atoms with E-state index in [1.807, 2.05) is 0 Å². The first kappa shape index (κ1) is 20.2. The van der Waals surface area contributed by atoms with Crippen molar-refractivity contribution in [2.45, 2.75) is 65.2 Å². The fraction of sp³-hybridized carbons (Fsp3) is 0.650. The monoisotopic (exact) mass is 363 g/mol. The average Bonchev–Trinajstić information content (AvgIpc) is 2.94. The maximum Gasteiger partial charge on any atom is 0.339 e. The number of carbonyl (C=O) groups is 3. The zero-order valence-electron chi connectivity index (χ0n) is 16.0. The van der Waals surface area contributed by atoms with Crippen molar-refractivity contribution in [2.24, 2.45) is 5.92 Å². The molecule has 1 N–H and O–H groups in total. The second-order valence-electron chi connectivity index (χ2n) is 7.10. The minimum absolute atomic E-state index is 0.290. The Kier molecular flexibility index (Phi) is 7.42. The maximum atomic E-state index is 12.3. The fourth-order valence-corrected chi connectivity index (χ4v) is 3.74. The molecular weight excluding hydrogens is 334 g/mol. The molecule has 1 fully saturated rings. The zero-order valence-corrected chi connectivity index (χ0v) is 16.0. The van der Waals surface area contributed by atoms with Crippen molar-refractivity contribution in [1.82, 2.24) is 4.98 Å². The molecule has 1 saturated carbocycles. The molecule has 1 heterocycles. The number of H-pyrrole nitrogens is 1. The number of ether oxygens (including phenoxy) is 2. The summed E-state index contributed by atoms with van der Waals surface area (Å²) in [5.74, 6) is -0.445. The third-order valence-electron chi connectivity index (χ3n) is 5.19. The van der Waals surface area contributed by atoms with Crippen molar-refractivity contribution >= 4 is 17.7 Å². The minimum Gasteiger partial charge on any atom is -0.465 e. The molecule has 26 heavy (non-hydrogen) atoms. The smallest absolute Gasteiger partial charge is 0.339 e. The van der Waals surface area contributed by atoms with Crippen molar-refractivity contribution in [2.75, 3.05) is 13.7 Å². The number of carbonyl (C=O) groups excluding carboxylic acids is 3. The Morgan fingerprint density at radius 1 is 1.12 bits per heavy atom. The Morgan fingerprint density at radius 2 is 1.81 bits per heavy atom. The first-order chi connectivity index (χ1) is 12.4. The quantitative estimate of drug-likeness (QED) is 0.559. The van der Waals surface area contributed by atoms with Crippen molar-refractivity contribution < 1.29 is 23.9 Å². The number of aromatic nitrogens is 1. The lowest BCUT2D eigenvalue weighted by atomic mass is 9.86. The topological polar surface area (TPSA) is 85.5 Å². The standard InChI is InChI=1S/C20H29NO5/c1-13-18(20(24)25-3)14(2)21-19(13)16(22)12-26-17(23)11-7-10-15-8-5-4-6-9-15/h15,21H,4-12H2,1-3H3. The second-order valence-corrected chi connectivity index (χ2v) is 7.10. The number of hydrogen-bond acceptors (Lipinski definition) is 5. The predicted molar refractivity (Wildman–Crippen MR) is 97.3 cm³/mol. The van der Waals surface area contributed by atoms with Crippen LogP contribution in [0.1, 0.15) is 83.5 Å². The lowest BCUT2D eigenvalue weighted by Gasteiger charge is -2.20. The van der Waals surface area contributed by atoms with Crippen LogP contribution in [-0.4, -0.2) is 36.4 Å². The van der Waals surface area contributed by atoms with Crippen molar-refractivity contribution in [1.29, 1.82) is 0 Å². The van der Waals surface area contributed by atoms with E-state index >= 15 is 0 Å². The van der Waals surface area contributed by atoms with E-state index in [1.165, 1.54) is 39.2 Å². The summed E-state index contributed by atoms with van der Waals surface area (Å²) in [5, 5.41) is 0. The van der Waals surface area contributed by atoms with Gasteiger partial charge in [0.15, 0.2) is 6.61 Å². The maximum absolute atomic E-state index is 12.3. The van der Waals surface area contributed by atoms with E-state index in [9.17, 15) is 14.4 Å². The number of methoxy groups -OCH3 is 1. The lowest BCUT2D eigenvalue weighted by molar-refractivity contribution is -0.142. The summed E-state index contributed by atoms with van der Waals surface area (Å²) in [6.07, 6.45) is 8.67. The molecular formula is C20H29NO5. The number of ketones is 1. The SMILES string of the molecule is COC(=O)c1c(C)[nH]c(C(=O)COC(=O)CCCC2CCCCC2)c1C. The molecule has 0 atom stereocenters. The van der Waals surface area contributed by atoms with Gasteiger partial charge in [0.25, 0.3) is 0 Å². The van der Waals surface area contributed by atoms with Gasteiger partial charge in [-0.1, -0.05) is 32.1 Å². The summed E-state index contributed by atoms with van der Waals surface area (Å²) in [7, 11) is 1.30. The number of hydrogen-bond donors (Lipinski definition) is 1. The van der Waals surface area contributed by atoms with E-state index in [1.54, 1.807) is 13.8 Å². The molecule has 2 rings (SSSR count). The fourth-order valence-electron chi connectivity index (χ4n) is 3.74. The molecule has 0 aromatic carbocycles. The molecule has 0 spiro atoms. The van der Waals surface area contributed by atoms with Gasteiger partial charge in [0.2, 0.25) is 5.78 Å². The molecule has 1 aliphatic rings. The van der Waals surface area contributed by atoms with Crippen LogP contribution in [0.2, 0.25) is 0 Å². The van der Waals surface area contributed by atoms with E-state index in [0.29, 0.717) is 23.2 Å². The van der Waals surface area contributed by atoms with Crippen LogP contribution in [0.5, 0.6) is 0 Å². The van der Waals surface area contributed by atoms with Crippen LogP contribution in [-0.2, 0) is 14.3 Å². The van der Waals surface area contributed by atoms with E-state index in [-0.39, 0.29) is 24.1 Å². The Morgan fingerprint density at radius 3 is 2.46 bits per heavy atom. The number of nitrogens with one attached hydrogen (secondary N) is 1. The van der Waals surface area contributed by atoms with Crippen LogP contribution in [0.25, 0.3) is 0 Å². The summed E-state index contributed by atoms with van der Waals surface area (Å²) < 4.78 is 9.84. The molecule has 0 saturated heterocycles. The van der Waals surface area contributed by atoms with Crippen LogP contribution < -0.4 is 0 Å². The molecule has 6 heteroatoms. The van der Waals surface area contributed by atoms with Gasteiger partial charge in [0.1, 0.15) is 0 Å². The number of aryl methyl sites for hydroxylation is 1. The number of aromatic amines is 1. The molecule has 6 nitrogen and oxygen atoms in total. The second kappa shape index (κ2) is 9.55. The van der Waals surface area contributed by atoms with Gasteiger partial charge in [0, 0.05) is 12.1 Å². The van der Waals surface area contributed by atoms with E-state index in [2.05, 4.69) is 4.98 Å². The van der Waals surface area contributed by atoms with Crippen LogP contribution in [0.15, 0.2) is 0 Å². The molecule has 0 aliphatic heterocycles. The molecule has 1 aliphatic carbocycles. The highest BCUT2D eigenvalue weighted by Crippen LogP contribution is 2.27. The predicted octanol–water partition coefficient (Wildman–Crippen LogP) is 3.89. The summed E-state index contributed by atoms with van der Waals surface area (Å²) in [4.78, 5) is 38.8. The third kappa shape index (κ3) is 5.19. The van der Waals surface area contributed by atoms with Crippen molar-refractivity contribution in [3.8, 4) is 0 Å².